The van der Waals surface area contributed by atoms with Gasteiger partial charge in [-0.05, 0) is 30.3 Å². The molecule has 1 saturated heterocycles. The molecule has 3 heterocycles. The highest BCUT2D eigenvalue weighted by atomic mass is 32.1. The van der Waals surface area contributed by atoms with E-state index in [0.717, 1.165) is 5.69 Å². The molecular formula is C23H22N4O4S. The van der Waals surface area contributed by atoms with Crippen LogP contribution >= 0.6 is 11.3 Å². The summed E-state index contributed by atoms with van der Waals surface area (Å²) in [5.41, 5.74) is 1.34. The summed E-state index contributed by atoms with van der Waals surface area (Å²) in [5, 5.41) is 2.35. The number of furan rings is 1. The van der Waals surface area contributed by atoms with Gasteiger partial charge in [0.25, 0.3) is 5.91 Å². The number of anilines is 2. The number of hydrogen-bond donors (Lipinski definition) is 0. The number of benzene rings is 1. The molecule has 0 bridgehead atoms. The lowest BCUT2D eigenvalue weighted by molar-refractivity contribution is -0.127. The van der Waals surface area contributed by atoms with Crippen molar-refractivity contribution in [1.82, 2.24) is 14.8 Å². The van der Waals surface area contributed by atoms with Crippen molar-refractivity contribution in [3.8, 4) is 0 Å². The summed E-state index contributed by atoms with van der Waals surface area (Å²) in [6.07, 6.45) is 4.59. The van der Waals surface area contributed by atoms with Crippen molar-refractivity contribution in [3.05, 3.63) is 71.6 Å². The van der Waals surface area contributed by atoms with E-state index >= 15 is 0 Å². The van der Waals surface area contributed by atoms with Gasteiger partial charge in [0.2, 0.25) is 11.8 Å². The topological polar surface area (TPSA) is 87.0 Å². The van der Waals surface area contributed by atoms with Crippen molar-refractivity contribution in [2.75, 3.05) is 31.1 Å². The van der Waals surface area contributed by atoms with E-state index in [1.165, 1.54) is 30.6 Å². The minimum atomic E-state index is -0.166. The van der Waals surface area contributed by atoms with E-state index in [1.54, 1.807) is 38.3 Å². The maximum absolute atomic E-state index is 12.6. The van der Waals surface area contributed by atoms with Gasteiger partial charge >= 0.3 is 0 Å². The first-order chi connectivity index (χ1) is 15.5. The first-order valence-electron chi connectivity index (χ1n) is 10.1. The molecule has 0 atom stereocenters. The minimum Gasteiger partial charge on any atom is -0.459 e. The number of para-hydroxylation sites is 1. The lowest BCUT2D eigenvalue weighted by atomic mass is 10.2. The second kappa shape index (κ2) is 9.61. The van der Waals surface area contributed by atoms with E-state index in [2.05, 4.69) is 4.98 Å². The summed E-state index contributed by atoms with van der Waals surface area (Å²) in [4.78, 5) is 46.5. The molecule has 1 aromatic carbocycles. The first-order valence-corrected chi connectivity index (χ1v) is 11.0. The molecule has 0 radical (unpaired) electrons. The van der Waals surface area contributed by atoms with Gasteiger partial charge in [0.1, 0.15) is 0 Å². The summed E-state index contributed by atoms with van der Waals surface area (Å²) in [6.45, 7) is 3.28. The zero-order valence-electron chi connectivity index (χ0n) is 17.5. The fourth-order valence-corrected chi connectivity index (χ4v) is 4.26. The van der Waals surface area contributed by atoms with Gasteiger partial charge in [-0.25, -0.2) is 4.98 Å². The number of rotatable bonds is 5. The SMILES string of the molecule is CC(=O)N(c1ccccc1)c1nc(/C=C/C(=O)N2CCN(C(=O)c3ccco3)CC2)cs1. The summed E-state index contributed by atoms with van der Waals surface area (Å²) < 4.78 is 5.16. The third-order valence-electron chi connectivity index (χ3n) is 5.04. The molecule has 1 fully saturated rings. The first kappa shape index (κ1) is 21.5. The third-order valence-corrected chi connectivity index (χ3v) is 5.88. The zero-order valence-corrected chi connectivity index (χ0v) is 18.3. The van der Waals surface area contributed by atoms with Gasteiger partial charge < -0.3 is 14.2 Å². The molecule has 0 N–H and O–H groups in total. The fraction of sp³-hybridized carbons (Fsp3) is 0.217. The Kier molecular flexibility index (Phi) is 6.46. The average Bonchev–Trinajstić information content (AvgIpc) is 3.50. The molecule has 3 aromatic rings. The second-order valence-corrected chi connectivity index (χ2v) is 8.01. The molecule has 0 saturated carbocycles. The predicted octanol–water partition coefficient (Wildman–Crippen LogP) is 3.42. The number of piperazine rings is 1. The van der Waals surface area contributed by atoms with Gasteiger partial charge in [0, 0.05) is 44.6 Å². The molecule has 4 rings (SSSR count). The van der Waals surface area contributed by atoms with E-state index in [0.29, 0.717) is 42.8 Å². The number of thiazole rings is 1. The van der Waals surface area contributed by atoms with Crippen molar-refractivity contribution in [3.63, 3.8) is 0 Å². The summed E-state index contributed by atoms with van der Waals surface area (Å²) >= 11 is 1.33. The van der Waals surface area contributed by atoms with Crippen molar-refractivity contribution >= 4 is 46.0 Å². The van der Waals surface area contributed by atoms with Gasteiger partial charge in [-0.3, -0.25) is 19.3 Å². The van der Waals surface area contributed by atoms with Crippen molar-refractivity contribution in [2.45, 2.75) is 6.92 Å². The van der Waals surface area contributed by atoms with Crippen LogP contribution in [0.5, 0.6) is 0 Å². The lowest BCUT2D eigenvalue weighted by Gasteiger charge is -2.33. The van der Waals surface area contributed by atoms with E-state index in [9.17, 15) is 14.4 Å². The molecule has 3 amide bonds. The maximum atomic E-state index is 12.6. The molecule has 0 spiro atoms. The fourth-order valence-electron chi connectivity index (χ4n) is 3.41. The third kappa shape index (κ3) is 4.78. The molecule has 0 unspecified atom stereocenters. The highest BCUT2D eigenvalue weighted by Crippen LogP contribution is 2.29. The van der Waals surface area contributed by atoms with Crippen LogP contribution in [0.1, 0.15) is 23.2 Å². The highest BCUT2D eigenvalue weighted by Gasteiger charge is 2.25. The second-order valence-electron chi connectivity index (χ2n) is 7.17. The molecule has 9 heteroatoms. The zero-order chi connectivity index (χ0) is 22.5. The molecule has 32 heavy (non-hydrogen) atoms. The van der Waals surface area contributed by atoms with Crippen molar-refractivity contribution in [1.29, 1.82) is 0 Å². The number of nitrogens with zero attached hydrogens (tertiary/aromatic N) is 4. The van der Waals surface area contributed by atoms with E-state index in [4.69, 9.17) is 4.42 Å². The standard InChI is InChI=1S/C23H22N4O4S/c1-17(28)27(19-6-3-2-4-7-19)23-24-18(16-32-23)9-10-21(29)25-11-13-26(14-12-25)22(30)20-8-5-15-31-20/h2-10,15-16H,11-14H2,1H3/b10-9+. The van der Waals surface area contributed by atoms with Gasteiger partial charge in [0.15, 0.2) is 10.9 Å². The molecule has 2 aromatic heterocycles. The lowest BCUT2D eigenvalue weighted by Crippen LogP contribution is -2.50. The monoisotopic (exact) mass is 450 g/mol. The van der Waals surface area contributed by atoms with Crippen molar-refractivity contribution < 1.29 is 18.8 Å². The van der Waals surface area contributed by atoms with Crippen LogP contribution in [-0.2, 0) is 9.59 Å². The quantitative estimate of drug-likeness (QED) is 0.556. The van der Waals surface area contributed by atoms with E-state index in [-0.39, 0.29) is 17.7 Å². The van der Waals surface area contributed by atoms with Crippen molar-refractivity contribution in [2.24, 2.45) is 0 Å². The van der Waals surface area contributed by atoms with Crippen LogP contribution in [0.25, 0.3) is 6.08 Å². The van der Waals surface area contributed by atoms with Gasteiger partial charge in [-0.15, -0.1) is 11.3 Å². The smallest absolute Gasteiger partial charge is 0.289 e. The maximum Gasteiger partial charge on any atom is 0.289 e. The summed E-state index contributed by atoms with van der Waals surface area (Å²) in [6, 6.07) is 12.6. The van der Waals surface area contributed by atoms with Crippen LogP contribution in [0, 0.1) is 0 Å². The van der Waals surface area contributed by atoms with Crippen LogP contribution in [0.15, 0.2) is 64.6 Å². The van der Waals surface area contributed by atoms with Crippen LogP contribution in [-0.4, -0.2) is 58.7 Å². The molecule has 1 aliphatic heterocycles. The number of carbonyl (C=O) groups excluding carboxylic acids is 3. The number of amides is 3. The average molecular weight is 451 g/mol. The van der Waals surface area contributed by atoms with Crippen LogP contribution in [0.3, 0.4) is 0 Å². The highest BCUT2D eigenvalue weighted by molar-refractivity contribution is 7.14. The Hall–Kier alpha value is -3.72. The Balaban J connectivity index is 1.36. The molecule has 164 valence electrons. The Morgan fingerprint density at radius 2 is 1.75 bits per heavy atom. The van der Waals surface area contributed by atoms with Crippen LogP contribution in [0.2, 0.25) is 0 Å². The molecule has 1 aliphatic rings. The van der Waals surface area contributed by atoms with Gasteiger partial charge in [0.05, 0.1) is 17.6 Å². The number of hydrogen-bond acceptors (Lipinski definition) is 6. The Morgan fingerprint density at radius 3 is 2.41 bits per heavy atom. The molecule has 0 aliphatic carbocycles. The summed E-state index contributed by atoms with van der Waals surface area (Å²) in [5.74, 6) is -0.143. The number of carbonyl (C=O) groups is 3. The Morgan fingerprint density at radius 1 is 1.03 bits per heavy atom. The van der Waals surface area contributed by atoms with E-state index in [1.807, 2.05) is 30.3 Å². The predicted molar refractivity (Wildman–Crippen MR) is 122 cm³/mol. The molecule has 8 nitrogen and oxygen atoms in total. The number of aromatic nitrogens is 1. The minimum absolute atomic E-state index is 0.140. The Labute approximate surface area is 189 Å². The van der Waals surface area contributed by atoms with E-state index < -0.39 is 0 Å². The van der Waals surface area contributed by atoms with Crippen LogP contribution < -0.4 is 4.90 Å². The largest absolute Gasteiger partial charge is 0.459 e. The van der Waals surface area contributed by atoms with Gasteiger partial charge in [-0.1, -0.05) is 18.2 Å². The normalized spacial score (nSPS) is 14.0. The molecular weight excluding hydrogens is 428 g/mol. The summed E-state index contributed by atoms with van der Waals surface area (Å²) in [7, 11) is 0. The van der Waals surface area contributed by atoms with Gasteiger partial charge in [-0.2, -0.15) is 0 Å². The Bertz CT molecular complexity index is 1120. The van der Waals surface area contributed by atoms with Crippen LogP contribution in [0.4, 0.5) is 10.8 Å².